The summed E-state index contributed by atoms with van der Waals surface area (Å²) in [6, 6.07) is 4.38. The molecule has 142 valence electrons. The maximum Gasteiger partial charge on any atom is 0.387 e. The molecule has 2 fully saturated rings. The van der Waals surface area contributed by atoms with Gasteiger partial charge in [0, 0.05) is 37.7 Å². The van der Waals surface area contributed by atoms with Crippen molar-refractivity contribution in [2.75, 3.05) is 26.7 Å². The first-order valence-electron chi connectivity index (χ1n) is 8.71. The molecule has 2 amide bonds. The van der Waals surface area contributed by atoms with Gasteiger partial charge in [0.25, 0.3) is 5.91 Å². The molecule has 1 aromatic carbocycles. The van der Waals surface area contributed by atoms with E-state index in [1.54, 1.807) is 4.90 Å². The van der Waals surface area contributed by atoms with Gasteiger partial charge in [-0.05, 0) is 37.5 Å². The van der Waals surface area contributed by atoms with E-state index < -0.39 is 6.61 Å². The monoisotopic (exact) mass is 368 g/mol. The smallest absolute Gasteiger partial charge is 0.387 e. The van der Waals surface area contributed by atoms with Crippen molar-refractivity contribution in [3.05, 3.63) is 23.8 Å². The largest absolute Gasteiger partial charge is 0.493 e. The molecular weight excluding hydrogens is 346 g/mol. The molecule has 0 atom stereocenters. The molecule has 0 bridgehead atoms. The summed E-state index contributed by atoms with van der Waals surface area (Å²) in [5.74, 6) is 0.00577. The number of hydrogen-bond donors (Lipinski definition) is 0. The van der Waals surface area contributed by atoms with Crippen LogP contribution >= 0.6 is 0 Å². The third-order valence-corrected chi connectivity index (χ3v) is 4.93. The fourth-order valence-electron chi connectivity index (χ4n) is 3.61. The molecule has 0 unspecified atom stereocenters. The second-order valence-electron chi connectivity index (χ2n) is 6.46. The van der Waals surface area contributed by atoms with Crippen LogP contribution in [0.1, 0.15) is 36.0 Å². The number of carbonyl (C=O) groups excluding carboxylic acids is 2. The molecule has 8 heteroatoms. The second kappa shape index (κ2) is 7.88. The average Bonchev–Trinajstić information content (AvgIpc) is 3.07. The molecule has 0 aliphatic carbocycles. The van der Waals surface area contributed by atoms with E-state index in [4.69, 9.17) is 4.74 Å². The lowest BCUT2D eigenvalue weighted by atomic mass is 10.0. The van der Waals surface area contributed by atoms with Crippen LogP contribution in [0.5, 0.6) is 11.5 Å². The molecule has 0 radical (unpaired) electrons. The zero-order valence-electron chi connectivity index (χ0n) is 14.6. The Morgan fingerprint density at radius 1 is 1.19 bits per heavy atom. The topological polar surface area (TPSA) is 59.1 Å². The van der Waals surface area contributed by atoms with Gasteiger partial charge in [-0.2, -0.15) is 8.78 Å². The predicted octanol–water partition coefficient (Wildman–Crippen LogP) is 2.52. The number of carbonyl (C=O) groups is 2. The van der Waals surface area contributed by atoms with Gasteiger partial charge >= 0.3 is 6.61 Å². The van der Waals surface area contributed by atoms with Crippen LogP contribution in [-0.4, -0.2) is 61.0 Å². The molecule has 2 heterocycles. The zero-order chi connectivity index (χ0) is 18.7. The standard InChI is InChI=1S/C18H22F2N2O4/c1-25-15-11-12(4-5-14(15)26-18(19)20)17(24)21-9-6-13(7-10-21)22-8-2-3-16(22)23/h4-5,11,13,18H,2-3,6-10H2,1H3. The summed E-state index contributed by atoms with van der Waals surface area (Å²) < 4.78 is 34.2. The Hall–Kier alpha value is -2.38. The highest BCUT2D eigenvalue weighted by atomic mass is 19.3. The normalized spacial score (nSPS) is 18.5. The number of hydrogen-bond acceptors (Lipinski definition) is 4. The predicted molar refractivity (Wildman–Crippen MR) is 89.5 cm³/mol. The fraction of sp³-hybridized carbons (Fsp3) is 0.556. The lowest BCUT2D eigenvalue weighted by molar-refractivity contribution is -0.130. The Labute approximate surface area is 150 Å². The highest BCUT2D eigenvalue weighted by molar-refractivity contribution is 5.95. The summed E-state index contributed by atoms with van der Waals surface area (Å²) >= 11 is 0. The molecule has 0 spiro atoms. The molecule has 0 aromatic heterocycles. The van der Waals surface area contributed by atoms with Gasteiger partial charge in [-0.1, -0.05) is 0 Å². The third-order valence-electron chi connectivity index (χ3n) is 4.93. The van der Waals surface area contributed by atoms with Crippen LogP contribution in [0.25, 0.3) is 0 Å². The third kappa shape index (κ3) is 3.89. The molecule has 3 rings (SSSR count). The molecule has 0 saturated carbocycles. The van der Waals surface area contributed by atoms with Crippen LogP contribution < -0.4 is 9.47 Å². The van der Waals surface area contributed by atoms with Crippen LogP contribution in [0.4, 0.5) is 8.78 Å². The summed E-state index contributed by atoms with van der Waals surface area (Å²) in [4.78, 5) is 28.2. The van der Waals surface area contributed by atoms with E-state index in [0.717, 1.165) is 25.8 Å². The van der Waals surface area contributed by atoms with E-state index in [9.17, 15) is 18.4 Å². The van der Waals surface area contributed by atoms with Gasteiger partial charge in [-0.15, -0.1) is 0 Å². The number of alkyl halides is 2. The molecule has 6 nitrogen and oxygen atoms in total. The first-order chi connectivity index (χ1) is 12.5. The van der Waals surface area contributed by atoms with Crippen molar-refractivity contribution in [1.29, 1.82) is 0 Å². The summed E-state index contributed by atoms with van der Waals surface area (Å²) in [6.45, 7) is -1.03. The maximum atomic E-state index is 12.7. The molecule has 26 heavy (non-hydrogen) atoms. The molecular formula is C18H22F2N2O4. The number of likely N-dealkylation sites (tertiary alicyclic amines) is 2. The van der Waals surface area contributed by atoms with Gasteiger partial charge in [0.1, 0.15) is 0 Å². The summed E-state index contributed by atoms with van der Waals surface area (Å²) in [6.07, 6.45) is 3.03. The minimum absolute atomic E-state index is 0.0914. The number of halogens is 2. The fourth-order valence-corrected chi connectivity index (χ4v) is 3.61. The number of amides is 2. The van der Waals surface area contributed by atoms with Crippen molar-refractivity contribution in [1.82, 2.24) is 9.80 Å². The Bertz CT molecular complexity index is 675. The van der Waals surface area contributed by atoms with Crippen LogP contribution in [-0.2, 0) is 4.79 Å². The number of methoxy groups -OCH3 is 1. The van der Waals surface area contributed by atoms with E-state index in [2.05, 4.69) is 4.74 Å². The van der Waals surface area contributed by atoms with Crippen molar-refractivity contribution in [3.63, 3.8) is 0 Å². The lowest BCUT2D eigenvalue weighted by Gasteiger charge is -2.36. The van der Waals surface area contributed by atoms with Crippen molar-refractivity contribution in [2.24, 2.45) is 0 Å². The Morgan fingerprint density at radius 2 is 1.92 bits per heavy atom. The Kier molecular flexibility index (Phi) is 5.58. The minimum Gasteiger partial charge on any atom is -0.493 e. The van der Waals surface area contributed by atoms with E-state index in [1.165, 1.54) is 25.3 Å². The highest BCUT2D eigenvalue weighted by Gasteiger charge is 2.32. The number of benzene rings is 1. The van der Waals surface area contributed by atoms with Gasteiger partial charge in [-0.25, -0.2) is 0 Å². The van der Waals surface area contributed by atoms with E-state index in [0.29, 0.717) is 25.1 Å². The van der Waals surface area contributed by atoms with Crippen LogP contribution in [0.15, 0.2) is 18.2 Å². The van der Waals surface area contributed by atoms with Gasteiger partial charge in [0.2, 0.25) is 5.91 Å². The van der Waals surface area contributed by atoms with E-state index in [-0.39, 0.29) is 29.4 Å². The highest BCUT2D eigenvalue weighted by Crippen LogP contribution is 2.30. The van der Waals surface area contributed by atoms with Crippen LogP contribution in [0.3, 0.4) is 0 Å². The van der Waals surface area contributed by atoms with Gasteiger partial charge in [0.05, 0.1) is 7.11 Å². The molecule has 2 aliphatic heterocycles. The SMILES string of the molecule is COc1cc(C(=O)N2CCC(N3CCCC3=O)CC2)ccc1OC(F)F. The van der Waals surface area contributed by atoms with E-state index >= 15 is 0 Å². The van der Waals surface area contributed by atoms with Gasteiger partial charge < -0.3 is 19.3 Å². The number of rotatable bonds is 5. The van der Waals surface area contributed by atoms with Crippen molar-refractivity contribution < 1.29 is 27.8 Å². The van der Waals surface area contributed by atoms with Crippen molar-refractivity contribution in [3.8, 4) is 11.5 Å². The number of piperidine rings is 1. The quantitative estimate of drug-likeness (QED) is 0.801. The van der Waals surface area contributed by atoms with Crippen molar-refractivity contribution in [2.45, 2.75) is 38.3 Å². The Balaban J connectivity index is 1.64. The number of ether oxygens (including phenoxy) is 2. The average molecular weight is 368 g/mol. The van der Waals surface area contributed by atoms with Crippen LogP contribution in [0.2, 0.25) is 0 Å². The number of nitrogens with zero attached hydrogens (tertiary/aromatic N) is 2. The molecule has 0 N–H and O–H groups in total. The van der Waals surface area contributed by atoms with Crippen LogP contribution in [0, 0.1) is 0 Å². The van der Waals surface area contributed by atoms with Gasteiger partial charge in [-0.3, -0.25) is 9.59 Å². The molecule has 2 saturated heterocycles. The summed E-state index contributed by atoms with van der Waals surface area (Å²) in [7, 11) is 1.33. The first-order valence-corrected chi connectivity index (χ1v) is 8.71. The zero-order valence-corrected chi connectivity index (χ0v) is 14.6. The lowest BCUT2D eigenvalue weighted by Crippen LogP contribution is -2.47. The van der Waals surface area contributed by atoms with E-state index in [1.807, 2.05) is 4.90 Å². The van der Waals surface area contributed by atoms with Crippen molar-refractivity contribution >= 4 is 11.8 Å². The minimum atomic E-state index is -2.96. The summed E-state index contributed by atoms with van der Waals surface area (Å²) in [5.41, 5.74) is 0.360. The maximum absolute atomic E-state index is 12.7. The second-order valence-corrected chi connectivity index (χ2v) is 6.46. The molecule has 2 aliphatic rings. The first kappa shape index (κ1) is 18.4. The van der Waals surface area contributed by atoms with Gasteiger partial charge in [0.15, 0.2) is 11.5 Å². The summed E-state index contributed by atoms with van der Waals surface area (Å²) in [5, 5.41) is 0. The molecule has 1 aromatic rings. The Morgan fingerprint density at radius 3 is 2.50 bits per heavy atom.